The van der Waals surface area contributed by atoms with E-state index in [4.69, 9.17) is 9.15 Å². The maximum Gasteiger partial charge on any atom is 0.419 e. The van der Waals surface area contributed by atoms with Crippen LogP contribution >= 0.6 is 0 Å². The van der Waals surface area contributed by atoms with Crippen molar-refractivity contribution in [2.45, 2.75) is 45.3 Å². The van der Waals surface area contributed by atoms with Crippen molar-refractivity contribution < 1.29 is 41.8 Å². The fraction of sp³-hybridized carbons (Fsp3) is 0.364. The maximum atomic E-state index is 14.6. The summed E-state index contributed by atoms with van der Waals surface area (Å²) in [4.78, 5) is 24.1. The first-order valence-corrected chi connectivity index (χ1v) is 9.71. The molecular weight excluding hydrogens is 431 g/mol. The molecular formula is C22H22F3NO6. The summed E-state index contributed by atoms with van der Waals surface area (Å²) in [6, 6.07) is 5.20. The van der Waals surface area contributed by atoms with Gasteiger partial charge in [0.2, 0.25) is 0 Å². The van der Waals surface area contributed by atoms with E-state index in [9.17, 15) is 27.9 Å². The topological polar surface area (TPSA) is 90.9 Å². The largest absolute Gasteiger partial charge is 0.466 e. The van der Waals surface area contributed by atoms with E-state index < -0.39 is 41.3 Å². The molecule has 3 aromatic rings. The number of aromatic nitrogens is 1. The van der Waals surface area contributed by atoms with Crippen LogP contribution in [0.2, 0.25) is 0 Å². The number of benzene rings is 1. The van der Waals surface area contributed by atoms with E-state index in [1.165, 1.54) is 25.3 Å². The lowest BCUT2D eigenvalue weighted by Gasteiger charge is -2.19. The molecule has 0 fully saturated rings. The second kappa shape index (κ2) is 8.34. The summed E-state index contributed by atoms with van der Waals surface area (Å²) in [6.45, 7) is 6.02. The average Bonchev–Trinajstić information content (AvgIpc) is 3.31. The van der Waals surface area contributed by atoms with Crippen LogP contribution in [0.3, 0.4) is 0 Å². The molecule has 3 rings (SSSR count). The molecule has 0 aliphatic heterocycles. The number of aliphatic hydroxyl groups excluding tert-OH is 1. The van der Waals surface area contributed by atoms with Gasteiger partial charge in [0.05, 0.1) is 18.4 Å². The summed E-state index contributed by atoms with van der Waals surface area (Å²) in [5, 5.41) is 10.3. The summed E-state index contributed by atoms with van der Waals surface area (Å²) in [5.41, 5.74) is -0.467. The van der Waals surface area contributed by atoms with Gasteiger partial charge >= 0.3 is 18.0 Å². The summed E-state index contributed by atoms with van der Waals surface area (Å²) in [5.74, 6) is -7.44. The minimum atomic E-state index is -4.25. The number of rotatable bonds is 5. The van der Waals surface area contributed by atoms with Gasteiger partial charge in [-0.3, -0.25) is 0 Å². The maximum absolute atomic E-state index is 14.6. The monoisotopic (exact) mass is 453 g/mol. The van der Waals surface area contributed by atoms with Crippen molar-refractivity contribution in [3.8, 4) is 11.1 Å². The van der Waals surface area contributed by atoms with Crippen LogP contribution in [0.1, 0.15) is 39.6 Å². The first-order valence-electron chi connectivity index (χ1n) is 9.71. The third-order valence-electron chi connectivity index (χ3n) is 4.46. The normalized spacial score (nSPS) is 13.2. The fourth-order valence-corrected chi connectivity index (χ4v) is 3.08. The van der Waals surface area contributed by atoms with Crippen LogP contribution in [0, 0.1) is 5.82 Å². The van der Waals surface area contributed by atoms with Crippen molar-refractivity contribution in [2.75, 3.05) is 6.61 Å². The van der Waals surface area contributed by atoms with Crippen LogP contribution in [0.15, 0.2) is 41.1 Å². The summed E-state index contributed by atoms with van der Waals surface area (Å²) < 4.78 is 58.6. The molecule has 10 heteroatoms. The Morgan fingerprint density at radius 2 is 1.94 bits per heavy atom. The number of esters is 1. The van der Waals surface area contributed by atoms with Gasteiger partial charge in [0.25, 0.3) is 0 Å². The zero-order chi connectivity index (χ0) is 23.8. The highest BCUT2D eigenvalue weighted by Crippen LogP contribution is 2.38. The van der Waals surface area contributed by atoms with Crippen LogP contribution in [-0.4, -0.2) is 39.9 Å². The van der Waals surface area contributed by atoms with Gasteiger partial charge in [-0.25, -0.2) is 18.5 Å². The molecule has 2 heterocycles. The number of ether oxygens (including phenoxy) is 2. The lowest BCUT2D eigenvalue weighted by molar-refractivity contribution is -0.190. The molecule has 7 nitrogen and oxygen atoms in total. The minimum Gasteiger partial charge on any atom is -0.466 e. The van der Waals surface area contributed by atoms with Gasteiger partial charge in [-0.2, -0.15) is 8.78 Å². The molecule has 0 bridgehead atoms. The van der Waals surface area contributed by atoms with E-state index in [1.807, 2.05) is 0 Å². The second-order valence-corrected chi connectivity index (χ2v) is 8.01. The van der Waals surface area contributed by atoms with Gasteiger partial charge < -0.3 is 19.0 Å². The van der Waals surface area contributed by atoms with Gasteiger partial charge in [-0.1, -0.05) is 12.1 Å². The van der Waals surface area contributed by atoms with Crippen molar-refractivity contribution in [1.29, 1.82) is 0 Å². The zero-order valence-corrected chi connectivity index (χ0v) is 17.8. The SMILES string of the molecule is CCOC(=O)C(F)(F)C(O)c1cc(-c2cn(C(=O)OC(C)(C)C)c3c(F)cccc23)co1. The van der Waals surface area contributed by atoms with Crippen molar-refractivity contribution >= 4 is 23.0 Å². The Morgan fingerprint density at radius 1 is 1.25 bits per heavy atom. The Labute approximate surface area is 181 Å². The zero-order valence-electron chi connectivity index (χ0n) is 17.8. The standard InChI is InChI=1S/C22H22F3NO6/c1-5-30-19(28)22(24,25)18(27)16-9-12(11-31-16)14-10-26(20(29)32-21(2,3)4)17-13(14)7-6-8-15(17)23/h6-11,18,27H,5H2,1-4H3. The lowest BCUT2D eigenvalue weighted by atomic mass is 10.1. The van der Waals surface area contributed by atoms with Gasteiger partial charge in [0, 0.05) is 22.7 Å². The van der Waals surface area contributed by atoms with Crippen molar-refractivity contribution in [2.24, 2.45) is 0 Å². The number of para-hydroxylation sites is 1. The highest BCUT2D eigenvalue weighted by Gasteiger charge is 2.50. The molecule has 1 N–H and O–H groups in total. The quantitative estimate of drug-likeness (QED) is 0.544. The van der Waals surface area contributed by atoms with E-state index in [-0.39, 0.29) is 28.6 Å². The third kappa shape index (κ3) is 4.36. The summed E-state index contributed by atoms with van der Waals surface area (Å²) in [7, 11) is 0. The average molecular weight is 453 g/mol. The molecule has 0 spiro atoms. The summed E-state index contributed by atoms with van der Waals surface area (Å²) in [6.07, 6.45) is -1.10. The number of halogens is 3. The van der Waals surface area contributed by atoms with Crippen LogP contribution in [-0.2, 0) is 14.3 Å². The predicted molar refractivity (Wildman–Crippen MR) is 108 cm³/mol. The van der Waals surface area contributed by atoms with Crippen LogP contribution in [0.25, 0.3) is 22.0 Å². The molecule has 1 atom stereocenters. The number of nitrogens with zero attached hydrogens (tertiary/aromatic N) is 1. The molecule has 0 aliphatic carbocycles. The first-order chi connectivity index (χ1) is 14.9. The molecule has 0 saturated heterocycles. The van der Waals surface area contributed by atoms with Gasteiger partial charge in [-0.05, 0) is 39.8 Å². The molecule has 1 aromatic carbocycles. The number of aliphatic hydroxyl groups is 1. The number of carbonyl (C=O) groups excluding carboxylic acids is 2. The molecule has 32 heavy (non-hydrogen) atoms. The van der Waals surface area contributed by atoms with Crippen LogP contribution in [0.4, 0.5) is 18.0 Å². The number of fused-ring (bicyclic) bond motifs is 1. The highest BCUT2D eigenvalue weighted by molar-refractivity contribution is 6.00. The Balaban J connectivity index is 2.05. The highest BCUT2D eigenvalue weighted by atomic mass is 19.3. The number of furan rings is 1. The molecule has 0 radical (unpaired) electrons. The Bertz CT molecular complexity index is 1160. The van der Waals surface area contributed by atoms with E-state index in [1.54, 1.807) is 20.8 Å². The Kier molecular flexibility index (Phi) is 6.10. The van der Waals surface area contributed by atoms with Crippen molar-refractivity contribution in [1.82, 2.24) is 4.57 Å². The van der Waals surface area contributed by atoms with E-state index in [0.717, 1.165) is 23.0 Å². The van der Waals surface area contributed by atoms with Gasteiger partial charge in [0.15, 0.2) is 6.10 Å². The van der Waals surface area contributed by atoms with Crippen LogP contribution in [0.5, 0.6) is 0 Å². The molecule has 0 aliphatic rings. The van der Waals surface area contributed by atoms with Gasteiger partial charge in [0.1, 0.15) is 17.2 Å². The third-order valence-corrected chi connectivity index (χ3v) is 4.46. The molecule has 1 unspecified atom stereocenters. The van der Waals surface area contributed by atoms with Crippen molar-refractivity contribution in [3.63, 3.8) is 0 Å². The van der Waals surface area contributed by atoms with Gasteiger partial charge in [-0.15, -0.1) is 0 Å². The van der Waals surface area contributed by atoms with E-state index >= 15 is 0 Å². The molecule has 0 saturated carbocycles. The molecule has 0 amide bonds. The van der Waals surface area contributed by atoms with Crippen molar-refractivity contribution in [3.05, 3.63) is 48.3 Å². The molecule has 2 aromatic heterocycles. The van der Waals surface area contributed by atoms with E-state index in [2.05, 4.69) is 4.74 Å². The van der Waals surface area contributed by atoms with E-state index in [0.29, 0.717) is 0 Å². The lowest BCUT2D eigenvalue weighted by Crippen LogP contribution is -2.37. The number of hydrogen-bond acceptors (Lipinski definition) is 6. The molecule has 172 valence electrons. The Hall–Kier alpha value is -3.27. The number of alkyl halides is 2. The Morgan fingerprint density at radius 3 is 2.56 bits per heavy atom. The predicted octanol–water partition coefficient (Wildman–Crippen LogP) is 5.06. The smallest absolute Gasteiger partial charge is 0.419 e. The number of hydrogen-bond donors (Lipinski definition) is 1. The minimum absolute atomic E-state index is 0.0723. The fourth-order valence-electron chi connectivity index (χ4n) is 3.08. The first kappa shape index (κ1) is 23.4. The number of carbonyl (C=O) groups is 2. The summed E-state index contributed by atoms with van der Waals surface area (Å²) >= 11 is 0. The second-order valence-electron chi connectivity index (χ2n) is 8.01. The van der Waals surface area contributed by atoms with Crippen LogP contribution < -0.4 is 0 Å².